The zero-order valence-electron chi connectivity index (χ0n) is 11.2. The van der Waals surface area contributed by atoms with Crippen LogP contribution in [0.1, 0.15) is 38.7 Å². The molecule has 0 bridgehead atoms. The van der Waals surface area contributed by atoms with Crippen molar-refractivity contribution in [2.24, 2.45) is 5.41 Å². The predicted octanol–water partition coefficient (Wildman–Crippen LogP) is 5.48. The highest BCUT2D eigenvalue weighted by atomic mass is 79.9. The molecule has 0 aromatic heterocycles. The Labute approximate surface area is 127 Å². The Hall–Kier alpha value is -0.0200. The van der Waals surface area contributed by atoms with Gasteiger partial charge in [0.1, 0.15) is 11.9 Å². The summed E-state index contributed by atoms with van der Waals surface area (Å²) in [6, 6.07) is 6.22. The van der Waals surface area contributed by atoms with Crippen LogP contribution in [0.4, 0.5) is 0 Å². The van der Waals surface area contributed by atoms with E-state index in [4.69, 9.17) is 4.74 Å². The van der Waals surface area contributed by atoms with E-state index < -0.39 is 0 Å². The van der Waals surface area contributed by atoms with Gasteiger partial charge >= 0.3 is 0 Å². The van der Waals surface area contributed by atoms with Gasteiger partial charge in [-0.15, -0.1) is 0 Å². The van der Waals surface area contributed by atoms with Gasteiger partial charge in [0.15, 0.2) is 0 Å². The zero-order chi connectivity index (χ0) is 13.3. The quantitative estimate of drug-likeness (QED) is 0.633. The minimum atomic E-state index is 0.305. The molecule has 1 aliphatic rings. The number of alkyl halides is 1. The molecule has 1 fully saturated rings. The standard InChI is InChI=1S/C15H20Br2O/c1-4-15(5-2)13(17)9-14(15)18-12-7-6-11(16)8-10(12)3/h6-8,13-14H,4-5,9H2,1-3H3. The third kappa shape index (κ3) is 2.36. The van der Waals surface area contributed by atoms with Crippen molar-refractivity contribution < 1.29 is 4.74 Å². The molecule has 2 atom stereocenters. The van der Waals surface area contributed by atoms with Crippen LogP contribution in [0.25, 0.3) is 0 Å². The molecule has 1 nitrogen and oxygen atoms in total. The van der Waals surface area contributed by atoms with Gasteiger partial charge in [-0.1, -0.05) is 45.7 Å². The molecule has 0 radical (unpaired) electrons. The lowest BCUT2D eigenvalue weighted by atomic mass is 9.62. The maximum atomic E-state index is 6.25. The molecule has 3 heteroatoms. The van der Waals surface area contributed by atoms with Crippen LogP contribution in [0.5, 0.6) is 5.75 Å². The largest absolute Gasteiger partial charge is 0.489 e. The molecule has 1 saturated carbocycles. The molecular weight excluding hydrogens is 356 g/mol. The molecule has 0 N–H and O–H groups in total. The molecule has 0 aliphatic heterocycles. The van der Waals surface area contributed by atoms with Crippen LogP contribution in [0, 0.1) is 12.3 Å². The first kappa shape index (κ1) is 14.4. The Kier molecular flexibility index (Phi) is 4.43. The summed E-state index contributed by atoms with van der Waals surface area (Å²) in [4.78, 5) is 0.598. The maximum Gasteiger partial charge on any atom is 0.122 e. The molecule has 2 rings (SSSR count). The van der Waals surface area contributed by atoms with E-state index in [1.807, 2.05) is 6.07 Å². The normalized spacial score (nSPS) is 25.6. The van der Waals surface area contributed by atoms with Gasteiger partial charge in [0, 0.05) is 14.7 Å². The fraction of sp³-hybridized carbons (Fsp3) is 0.600. The van der Waals surface area contributed by atoms with Crippen molar-refractivity contribution >= 4 is 31.9 Å². The molecule has 100 valence electrons. The minimum absolute atomic E-state index is 0.305. The van der Waals surface area contributed by atoms with Gasteiger partial charge in [0.05, 0.1) is 0 Å². The molecule has 1 aliphatic carbocycles. The van der Waals surface area contributed by atoms with Crippen LogP contribution in [-0.4, -0.2) is 10.9 Å². The lowest BCUT2D eigenvalue weighted by molar-refractivity contribution is -0.0414. The van der Waals surface area contributed by atoms with Gasteiger partial charge in [0.25, 0.3) is 0 Å². The van der Waals surface area contributed by atoms with Gasteiger partial charge in [0.2, 0.25) is 0 Å². The Bertz CT molecular complexity index is 427. The summed E-state index contributed by atoms with van der Waals surface area (Å²) < 4.78 is 7.36. The van der Waals surface area contributed by atoms with Crippen LogP contribution in [-0.2, 0) is 0 Å². The monoisotopic (exact) mass is 374 g/mol. The summed E-state index contributed by atoms with van der Waals surface area (Å²) in [6.45, 7) is 6.63. The van der Waals surface area contributed by atoms with Gasteiger partial charge in [-0.3, -0.25) is 0 Å². The number of rotatable bonds is 4. The van der Waals surface area contributed by atoms with Crippen LogP contribution in [0.3, 0.4) is 0 Å². The fourth-order valence-corrected chi connectivity index (χ4v) is 4.67. The summed E-state index contributed by atoms with van der Waals surface area (Å²) in [5.41, 5.74) is 1.50. The van der Waals surface area contributed by atoms with Crippen molar-refractivity contribution in [1.29, 1.82) is 0 Å². The summed E-state index contributed by atoms with van der Waals surface area (Å²) >= 11 is 7.29. The molecule has 1 aromatic rings. The second kappa shape index (κ2) is 5.54. The van der Waals surface area contributed by atoms with Crippen molar-refractivity contribution in [2.75, 3.05) is 0 Å². The van der Waals surface area contributed by atoms with Gasteiger partial charge in [-0.25, -0.2) is 0 Å². The molecule has 18 heavy (non-hydrogen) atoms. The van der Waals surface area contributed by atoms with Crippen LogP contribution in [0.15, 0.2) is 22.7 Å². The Balaban J connectivity index is 2.15. The van der Waals surface area contributed by atoms with Crippen molar-refractivity contribution in [3.63, 3.8) is 0 Å². The second-order valence-corrected chi connectivity index (χ2v) is 7.18. The van der Waals surface area contributed by atoms with Crippen molar-refractivity contribution in [3.05, 3.63) is 28.2 Å². The Morgan fingerprint density at radius 3 is 2.50 bits per heavy atom. The highest BCUT2D eigenvalue weighted by Crippen LogP contribution is 2.52. The van der Waals surface area contributed by atoms with E-state index in [2.05, 4.69) is 64.8 Å². The summed E-state index contributed by atoms with van der Waals surface area (Å²) in [5, 5.41) is 0. The lowest BCUT2D eigenvalue weighted by Gasteiger charge is -2.52. The smallest absolute Gasteiger partial charge is 0.122 e. The number of hydrogen-bond donors (Lipinski definition) is 0. The van der Waals surface area contributed by atoms with E-state index in [0.29, 0.717) is 16.3 Å². The average Bonchev–Trinajstić information content (AvgIpc) is 2.33. The van der Waals surface area contributed by atoms with Crippen LogP contribution < -0.4 is 4.74 Å². The van der Waals surface area contributed by atoms with Crippen LogP contribution in [0.2, 0.25) is 0 Å². The number of ether oxygens (including phenoxy) is 1. The van der Waals surface area contributed by atoms with Gasteiger partial charge in [-0.2, -0.15) is 0 Å². The van der Waals surface area contributed by atoms with E-state index in [-0.39, 0.29) is 0 Å². The number of hydrogen-bond acceptors (Lipinski definition) is 1. The maximum absolute atomic E-state index is 6.25. The molecule has 0 spiro atoms. The summed E-state index contributed by atoms with van der Waals surface area (Å²) in [6.07, 6.45) is 3.79. The first-order valence-electron chi connectivity index (χ1n) is 6.60. The molecular formula is C15H20Br2O. The summed E-state index contributed by atoms with van der Waals surface area (Å²) in [5.74, 6) is 1.02. The van der Waals surface area contributed by atoms with E-state index in [1.165, 1.54) is 18.4 Å². The Morgan fingerprint density at radius 2 is 2.00 bits per heavy atom. The average molecular weight is 376 g/mol. The molecule has 0 heterocycles. The minimum Gasteiger partial charge on any atom is -0.489 e. The van der Waals surface area contributed by atoms with E-state index in [1.54, 1.807) is 0 Å². The topological polar surface area (TPSA) is 9.23 Å². The second-order valence-electron chi connectivity index (χ2n) is 5.16. The van der Waals surface area contributed by atoms with E-state index in [9.17, 15) is 0 Å². The van der Waals surface area contributed by atoms with Gasteiger partial charge in [-0.05, 0) is 49.9 Å². The molecule has 1 aromatic carbocycles. The molecule has 2 unspecified atom stereocenters. The number of aryl methyl sites for hydroxylation is 1. The highest BCUT2D eigenvalue weighted by Gasteiger charge is 2.53. The molecule has 0 amide bonds. The first-order valence-corrected chi connectivity index (χ1v) is 8.31. The molecule has 0 saturated heterocycles. The lowest BCUT2D eigenvalue weighted by Crippen LogP contribution is -2.56. The third-order valence-electron chi connectivity index (χ3n) is 4.41. The van der Waals surface area contributed by atoms with Gasteiger partial charge < -0.3 is 4.74 Å². The van der Waals surface area contributed by atoms with Crippen LogP contribution >= 0.6 is 31.9 Å². The van der Waals surface area contributed by atoms with E-state index >= 15 is 0 Å². The van der Waals surface area contributed by atoms with Crippen molar-refractivity contribution in [2.45, 2.75) is 51.0 Å². The predicted molar refractivity (Wildman–Crippen MR) is 83.6 cm³/mol. The van der Waals surface area contributed by atoms with E-state index in [0.717, 1.165) is 16.6 Å². The Morgan fingerprint density at radius 1 is 1.33 bits per heavy atom. The zero-order valence-corrected chi connectivity index (χ0v) is 14.3. The SMILES string of the molecule is CCC1(CC)C(Br)CC1Oc1ccc(Br)cc1C. The number of benzene rings is 1. The third-order valence-corrected chi connectivity index (χ3v) is 6.19. The summed E-state index contributed by atoms with van der Waals surface area (Å²) in [7, 11) is 0. The van der Waals surface area contributed by atoms with Crippen molar-refractivity contribution in [3.8, 4) is 5.75 Å². The van der Waals surface area contributed by atoms with Crippen molar-refractivity contribution in [1.82, 2.24) is 0 Å². The fourth-order valence-electron chi connectivity index (χ4n) is 2.91. The highest BCUT2D eigenvalue weighted by molar-refractivity contribution is 9.10. The first-order chi connectivity index (χ1) is 8.53. The number of halogens is 2.